The zero-order valence-corrected chi connectivity index (χ0v) is 14.5. The van der Waals surface area contributed by atoms with Crippen molar-refractivity contribution in [3.05, 3.63) is 88.8 Å². The molecule has 0 aliphatic carbocycles. The molecule has 27 heavy (non-hydrogen) atoms. The highest BCUT2D eigenvalue weighted by atomic mass is 16.3. The lowest BCUT2D eigenvalue weighted by molar-refractivity contribution is 0.475. The van der Waals surface area contributed by atoms with Crippen LogP contribution in [0.2, 0.25) is 0 Å². The van der Waals surface area contributed by atoms with Gasteiger partial charge >= 0.3 is 0 Å². The van der Waals surface area contributed by atoms with E-state index in [0.717, 1.165) is 27.8 Å². The van der Waals surface area contributed by atoms with Crippen LogP contribution >= 0.6 is 0 Å². The van der Waals surface area contributed by atoms with Crippen molar-refractivity contribution >= 4 is 27.6 Å². The van der Waals surface area contributed by atoms with E-state index < -0.39 is 0 Å². The highest BCUT2D eigenvalue weighted by Gasteiger charge is 2.15. The van der Waals surface area contributed by atoms with E-state index in [1.165, 1.54) is 0 Å². The van der Waals surface area contributed by atoms with Gasteiger partial charge in [0.25, 0.3) is 5.56 Å². The van der Waals surface area contributed by atoms with Crippen LogP contribution < -0.4 is 5.56 Å². The third-order valence-corrected chi connectivity index (χ3v) is 4.98. The Kier molecular flexibility index (Phi) is 3.47. The molecule has 0 spiro atoms. The van der Waals surface area contributed by atoms with Crippen molar-refractivity contribution in [1.29, 1.82) is 0 Å². The van der Waals surface area contributed by atoms with Crippen molar-refractivity contribution in [3.8, 4) is 5.75 Å². The number of nitrogens with zero attached hydrogens (tertiary/aromatic N) is 3. The van der Waals surface area contributed by atoms with Crippen molar-refractivity contribution in [2.24, 2.45) is 0 Å². The first-order valence-electron chi connectivity index (χ1n) is 8.88. The van der Waals surface area contributed by atoms with Crippen LogP contribution in [0.4, 0.5) is 0 Å². The van der Waals surface area contributed by atoms with Crippen LogP contribution in [0.5, 0.6) is 5.75 Å². The Labute approximate surface area is 154 Å². The number of aryl methyl sites for hydroxylation is 2. The minimum absolute atomic E-state index is 0.0115. The van der Waals surface area contributed by atoms with Crippen molar-refractivity contribution in [1.82, 2.24) is 14.0 Å². The lowest BCUT2D eigenvalue weighted by Crippen LogP contribution is -2.22. The van der Waals surface area contributed by atoms with Crippen LogP contribution in [0.15, 0.2) is 77.7 Å². The third-order valence-electron chi connectivity index (χ3n) is 4.98. The SMILES string of the molecule is O=c1c2ccccc2c2nc3ccccn3c2n1CCc1ccc(O)cc1. The molecule has 0 bridgehead atoms. The van der Waals surface area contributed by atoms with Gasteiger partial charge in [-0.2, -0.15) is 0 Å². The molecule has 5 nitrogen and oxygen atoms in total. The van der Waals surface area contributed by atoms with Crippen LogP contribution in [-0.2, 0) is 13.0 Å². The molecule has 3 heterocycles. The Morgan fingerprint density at radius 1 is 0.889 bits per heavy atom. The number of aromatic hydroxyl groups is 1. The van der Waals surface area contributed by atoms with Gasteiger partial charge in [-0.25, -0.2) is 4.98 Å². The van der Waals surface area contributed by atoms with E-state index in [1.807, 2.05) is 69.8 Å². The molecule has 3 aromatic heterocycles. The Hall–Kier alpha value is -3.60. The number of hydrogen-bond acceptors (Lipinski definition) is 3. The average Bonchev–Trinajstić information content (AvgIpc) is 3.09. The van der Waals surface area contributed by atoms with Crippen LogP contribution in [0.25, 0.3) is 27.6 Å². The topological polar surface area (TPSA) is 59.5 Å². The van der Waals surface area contributed by atoms with Crippen LogP contribution in [-0.4, -0.2) is 19.1 Å². The van der Waals surface area contributed by atoms with Gasteiger partial charge in [-0.1, -0.05) is 36.4 Å². The Balaban J connectivity index is 1.76. The maximum atomic E-state index is 13.2. The van der Waals surface area contributed by atoms with E-state index in [2.05, 4.69) is 0 Å². The molecule has 0 unspecified atom stereocenters. The number of aromatic nitrogens is 3. The van der Waals surface area contributed by atoms with E-state index in [9.17, 15) is 9.90 Å². The quantitative estimate of drug-likeness (QED) is 0.536. The molecule has 132 valence electrons. The number of phenols is 1. The summed E-state index contributed by atoms with van der Waals surface area (Å²) in [7, 11) is 0. The standard InChI is InChI=1S/C22H17N3O2/c26-16-10-8-15(9-11-16)12-14-25-21-20(23-19-7-3-4-13-24(19)21)17-5-1-2-6-18(17)22(25)27/h1-11,13,26H,12,14H2. The number of fused-ring (bicyclic) bond motifs is 5. The number of phenolic OH excluding ortho intramolecular Hbond substituents is 1. The molecule has 0 radical (unpaired) electrons. The van der Waals surface area contributed by atoms with Crippen molar-refractivity contribution in [2.75, 3.05) is 0 Å². The number of benzene rings is 2. The molecule has 5 aromatic rings. The monoisotopic (exact) mass is 355 g/mol. The normalized spacial score (nSPS) is 11.6. The van der Waals surface area contributed by atoms with Gasteiger partial charge in [-0.15, -0.1) is 0 Å². The summed E-state index contributed by atoms with van der Waals surface area (Å²) in [6.07, 6.45) is 2.63. The number of pyridine rings is 2. The Bertz CT molecular complexity index is 1350. The molecule has 1 N–H and O–H groups in total. The summed E-state index contributed by atoms with van der Waals surface area (Å²) >= 11 is 0. The largest absolute Gasteiger partial charge is 0.508 e. The van der Waals surface area contributed by atoms with Gasteiger partial charge in [-0.05, 0) is 42.3 Å². The van der Waals surface area contributed by atoms with Crippen molar-refractivity contribution in [2.45, 2.75) is 13.0 Å². The second kappa shape index (κ2) is 5.99. The summed E-state index contributed by atoms with van der Waals surface area (Å²) in [4.78, 5) is 18.0. The summed E-state index contributed by atoms with van der Waals surface area (Å²) in [6, 6.07) is 20.6. The maximum Gasteiger partial charge on any atom is 0.260 e. The molecule has 0 aliphatic heterocycles. The van der Waals surface area contributed by atoms with Gasteiger partial charge in [0.2, 0.25) is 0 Å². The first kappa shape index (κ1) is 15.6. The van der Waals surface area contributed by atoms with E-state index >= 15 is 0 Å². The van der Waals surface area contributed by atoms with E-state index in [-0.39, 0.29) is 11.3 Å². The lowest BCUT2D eigenvalue weighted by atomic mass is 10.1. The minimum Gasteiger partial charge on any atom is -0.508 e. The molecular weight excluding hydrogens is 338 g/mol. The van der Waals surface area contributed by atoms with Gasteiger partial charge in [0, 0.05) is 23.5 Å². The molecule has 0 aliphatic rings. The van der Waals surface area contributed by atoms with Crippen LogP contribution in [0.1, 0.15) is 5.56 Å². The summed E-state index contributed by atoms with van der Waals surface area (Å²) in [5, 5.41) is 11.0. The third kappa shape index (κ3) is 2.47. The number of hydrogen-bond donors (Lipinski definition) is 1. The van der Waals surface area contributed by atoms with Gasteiger partial charge in [-0.3, -0.25) is 13.8 Å². The summed E-state index contributed by atoms with van der Waals surface area (Å²) in [5.41, 5.74) is 3.52. The first-order valence-corrected chi connectivity index (χ1v) is 8.88. The highest BCUT2D eigenvalue weighted by molar-refractivity contribution is 6.03. The summed E-state index contributed by atoms with van der Waals surface area (Å²) in [5.74, 6) is 0.241. The second-order valence-electron chi connectivity index (χ2n) is 6.63. The predicted octanol–water partition coefficient (Wildman–Crippen LogP) is 3.75. The zero-order valence-electron chi connectivity index (χ0n) is 14.5. The fraction of sp³-hybridized carbons (Fsp3) is 0.0909. The Morgan fingerprint density at radius 3 is 2.44 bits per heavy atom. The van der Waals surface area contributed by atoms with Gasteiger partial charge in [0.1, 0.15) is 22.6 Å². The van der Waals surface area contributed by atoms with Gasteiger partial charge in [0.15, 0.2) is 0 Å². The predicted molar refractivity (Wildman–Crippen MR) is 106 cm³/mol. The maximum absolute atomic E-state index is 13.2. The molecular formula is C22H17N3O2. The zero-order chi connectivity index (χ0) is 18.4. The fourth-order valence-corrected chi connectivity index (χ4v) is 3.65. The highest BCUT2D eigenvalue weighted by Crippen LogP contribution is 2.24. The smallest absolute Gasteiger partial charge is 0.260 e. The number of imidazole rings is 1. The molecule has 0 saturated carbocycles. The van der Waals surface area contributed by atoms with Crippen LogP contribution in [0, 0.1) is 0 Å². The van der Waals surface area contributed by atoms with Crippen molar-refractivity contribution in [3.63, 3.8) is 0 Å². The molecule has 0 atom stereocenters. The molecule has 0 saturated heterocycles. The molecule has 0 amide bonds. The van der Waals surface area contributed by atoms with E-state index in [0.29, 0.717) is 18.4 Å². The molecule has 5 heteroatoms. The second-order valence-corrected chi connectivity index (χ2v) is 6.63. The molecule has 5 rings (SSSR count). The van der Waals surface area contributed by atoms with Crippen LogP contribution in [0.3, 0.4) is 0 Å². The minimum atomic E-state index is -0.0115. The van der Waals surface area contributed by atoms with Gasteiger partial charge < -0.3 is 5.11 Å². The van der Waals surface area contributed by atoms with Gasteiger partial charge in [0.05, 0.1) is 0 Å². The van der Waals surface area contributed by atoms with Crippen molar-refractivity contribution < 1.29 is 5.11 Å². The summed E-state index contributed by atoms with van der Waals surface area (Å²) < 4.78 is 3.78. The van der Waals surface area contributed by atoms with E-state index in [1.54, 1.807) is 12.1 Å². The molecule has 0 fully saturated rings. The average molecular weight is 355 g/mol. The molecule has 2 aromatic carbocycles. The summed E-state index contributed by atoms with van der Waals surface area (Å²) in [6.45, 7) is 0.535. The fourth-order valence-electron chi connectivity index (χ4n) is 3.65. The Morgan fingerprint density at radius 2 is 1.63 bits per heavy atom. The first-order chi connectivity index (χ1) is 13.2. The van der Waals surface area contributed by atoms with E-state index in [4.69, 9.17) is 4.98 Å². The number of rotatable bonds is 3. The lowest BCUT2D eigenvalue weighted by Gasteiger charge is -2.11.